The van der Waals surface area contributed by atoms with Gasteiger partial charge in [-0.1, -0.05) is 11.2 Å². The van der Waals surface area contributed by atoms with E-state index in [9.17, 15) is 9.59 Å². The van der Waals surface area contributed by atoms with Crippen molar-refractivity contribution in [1.82, 2.24) is 14.7 Å². The second kappa shape index (κ2) is 5.47. The van der Waals surface area contributed by atoms with Crippen molar-refractivity contribution < 1.29 is 14.4 Å². The number of oxime groups is 1. The number of rotatable bonds is 4. The summed E-state index contributed by atoms with van der Waals surface area (Å²) in [5.41, 5.74) is 7.54. The van der Waals surface area contributed by atoms with Gasteiger partial charge in [-0.25, -0.2) is 4.98 Å². The molecule has 0 spiro atoms. The van der Waals surface area contributed by atoms with E-state index in [2.05, 4.69) is 15.5 Å². The highest BCUT2D eigenvalue weighted by molar-refractivity contribution is 5.99. The third kappa shape index (κ3) is 2.50. The molecule has 1 aliphatic heterocycles. The van der Waals surface area contributed by atoms with Crippen molar-refractivity contribution in [2.45, 2.75) is 19.4 Å². The molecule has 1 atom stereocenters. The summed E-state index contributed by atoms with van der Waals surface area (Å²) in [4.78, 5) is 32.6. The van der Waals surface area contributed by atoms with Crippen LogP contribution in [-0.2, 0) is 9.63 Å². The summed E-state index contributed by atoms with van der Waals surface area (Å²) >= 11 is 0. The molecule has 0 aliphatic carbocycles. The average Bonchev–Trinajstić information content (AvgIpc) is 3.08. The molecule has 114 valence electrons. The quantitative estimate of drug-likeness (QED) is 0.828. The molecule has 2 aromatic heterocycles. The van der Waals surface area contributed by atoms with E-state index in [4.69, 9.17) is 10.6 Å². The molecule has 3 heterocycles. The second-order valence-corrected chi connectivity index (χ2v) is 5.02. The Labute approximate surface area is 125 Å². The van der Waals surface area contributed by atoms with Gasteiger partial charge in [-0.3, -0.25) is 14.0 Å². The van der Waals surface area contributed by atoms with E-state index in [0.29, 0.717) is 29.2 Å². The minimum absolute atomic E-state index is 0.197. The number of nitrogens with zero attached hydrogens (tertiary/aromatic N) is 3. The summed E-state index contributed by atoms with van der Waals surface area (Å²) in [6.45, 7) is 1.98. The number of aromatic nitrogens is 2. The second-order valence-electron chi connectivity index (χ2n) is 5.02. The molecule has 0 saturated heterocycles. The van der Waals surface area contributed by atoms with E-state index in [-0.39, 0.29) is 12.5 Å². The van der Waals surface area contributed by atoms with Crippen LogP contribution in [0.15, 0.2) is 29.6 Å². The number of carbonyl (C=O) groups is 2. The third-order valence-corrected chi connectivity index (χ3v) is 3.42. The molecule has 8 heteroatoms. The summed E-state index contributed by atoms with van der Waals surface area (Å²) in [6.07, 6.45) is 1.33. The number of nitrogens with one attached hydrogen (secondary N) is 1. The Balaban J connectivity index is 1.70. The molecule has 22 heavy (non-hydrogen) atoms. The third-order valence-electron chi connectivity index (χ3n) is 3.42. The van der Waals surface area contributed by atoms with Crippen LogP contribution >= 0.6 is 0 Å². The highest BCUT2D eigenvalue weighted by Crippen LogP contribution is 2.12. The normalized spacial score (nSPS) is 17.1. The van der Waals surface area contributed by atoms with Crippen molar-refractivity contribution in [2.75, 3.05) is 6.54 Å². The molecule has 1 unspecified atom stereocenters. The number of hydrogen-bond acceptors (Lipinski definition) is 5. The standard InChI is InChI=1S/C14H15N5O3/c1-8-12(19-5-3-2-4-11(19)17-8)14(21)16-7-9-6-10(13(15)20)22-18-9/h2-5,10H,6-7H2,1H3,(H2,15,20)(H,16,21). The van der Waals surface area contributed by atoms with Crippen LogP contribution in [0.3, 0.4) is 0 Å². The molecule has 0 radical (unpaired) electrons. The number of amides is 2. The first kappa shape index (κ1) is 14.1. The molecular weight excluding hydrogens is 286 g/mol. The van der Waals surface area contributed by atoms with Crippen molar-refractivity contribution in [3.05, 3.63) is 35.8 Å². The minimum Gasteiger partial charge on any atom is -0.382 e. The molecule has 2 aromatic rings. The Hall–Kier alpha value is -2.90. The van der Waals surface area contributed by atoms with Crippen molar-refractivity contribution in [2.24, 2.45) is 10.9 Å². The predicted molar refractivity (Wildman–Crippen MR) is 78.4 cm³/mol. The van der Waals surface area contributed by atoms with Crippen LogP contribution in [0, 0.1) is 6.92 Å². The number of primary amides is 1. The van der Waals surface area contributed by atoms with E-state index in [1.54, 1.807) is 17.5 Å². The fraction of sp³-hybridized carbons (Fsp3) is 0.286. The lowest BCUT2D eigenvalue weighted by Gasteiger charge is -2.05. The minimum atomic E-state index is -0.746. The monoisotopic (exact) mass is 301 g/mol. The van der Waals surface area contributed by atoms with Gasteiger partial charge < -0.3 is 15.9 Å². The number of carbonyl (C=O) groups excluding carboxylic acids is 2. The lowest BCUT2D eigenvalue weighted by molar-refractivity contribution is -0.127. The maximum absolute atomic E-state index is 12.4. The first-order valence-electron chi connectivity index (χ1n) is 6.79. The number of imidazole rings is 1. The molecular formula is C14H15N5O3. The van der Waals surface area contributed by atoms with E-state index in [0.717, 1.165) is 0 Å². The van der Waals surface area contributed by atoms with E-state index in [1.165, 1.54) is 0 Å². The average molecular weight is 301 g/mol. The molecule has 3 rings (SSSR count). The number of aryl methyl sites for hydroxylation is 1. The largest absolute Gasteiger partial charge is 0.382 e. The van der Waals surface area contributed by atoms with Crippen LogP contribution in [0.2, 0.25) is 0 Å². The van der Waals surface area contributed by atoms with Crippen LogP contribution < -0.4 is 11.1 Å². The molecule has 1 aliphatic rings. The summed E-state index contributed by atoms with van der Waals surface area (Å²) in [5.74, 6) is -0.830. The summed E-state index contributed by atoms with van der Waals surface area (Å²) < 4.78 is 1.73. The highest BCUT2D eigenvalue weighted by Gasteiger charge is 2.26. The zero-order chi connectivity index (χ0) is 15.7. The summed E-state index contributed by atoms with van der Waals surface area (Å²) in [6, 6.07) is 5.52. The molecule has 3 N–H and O–H groups in total. The Bertz CT molecular complexity index is 780. The van der Waals surface area contributed by atoms with Gasteiger partial charge in [0.25, 0.3) is 11.8 Å². The van der Waals surface area contributed by atoms with Gasteiger partial charge in [0.2, 0.25) is 6.10 Å². The summed E-state index contributed by atoms with van der Waals surface area (Å²) in [7, 11) is 0. The van der Waals surface area contributed by atoms with Crippen LogP contribution in [0.25, 0.3) is 5.65 Å². The topological polar surface area (TPSA) is 111 Å². The van der Waals surface area contributed by atoms with Crippen molar-refractivity contribution in [1.29, 1.82) is 0 Å². The molecule has 0 saturated carbocycles. The summed E-state index contributed by atoms with van der Waals surface area (Å²) in [5, 5.41) is 6.51. The van der Waals surface area contributed by atoms with Crippen molar-refractivity contribution in [3.63, 3.8) is 0 Å². The fourth-order valence-corrected chi connectivity index (χ4v) is 2.34. The van der Waals surface area contributed by atoms with Crippen molar-refractivity contribution >= 4 is 23.2 Å². The Kier molecular flexibility index (Phi) is 3.50. The predicted octanol–water partition coefficient (Wildman–Crippen LogP) is 0.00272. The lowest BCUT2D eigenvalue weighted by atomic mass is 10.1. The van der Waals surface area contributed by atoms with Crippen LogP contribution in [0.5, 0.6) is 0 Å². The lowest BCUT2D eigenvalue weighted by Crippen LogP contribution is -2.33. The Morgan fingerprint density at radius 3 is 3.05 bits per heavy atom. The zero-order valence-electron chi connectivity index (χ0n) is 11.9. The van der Waals surface area contributed by atoms with Gasteiger partial charge in [0, 0.05) is 12.6 Å². The molecule has 0 bridgehead atoms. The Morgan fingerprint density at radius 1 is 1.50 bits per heavy atom. The molecule has 2 amide bonds. The van der Waals surface area contributed by atoms with E-state index in [1.807, 2.05) is 18.2 Å². The van der Waals surface area contributed by atoms with Gasteiger partial charge in [0.05, 0.1) is 18.0 Å². The first-order valence-corrected chi connectivity index (χ1v) is 6.79. The van der Waals surface area contributed by atoms with Crippen LogP contribution in [-0.4, -0.2) is 39.6 Å². The van der Waals surface area contributed by atoms with Gasteiger partial charge in [-0.05, 0) is 19.1 Å². The van der Waals surface area contributed by atoms with Crippen LogP contribution in [0.4, 0.5) is 0 Å². The molecule has 0 aromatic carbocycles. The van der Waals surface area contributed by atoms with Crippen molar-refractivity contribution in [3.8, 4) is 0 Å². The van der Waals surface area contributed by atoms with Gasteiger partial charge in [0.1, 0.15) is 11.3 Å². The number of fused-ring (bicyclic) bond motifs is 1. The first-order chi connectivity index (χ1) is 10.6. The molecule has 8 nitrogen and oxygen atoms in total. The van der Waals surface area contributed by atoms with E-state index >= 15 is 0 Å². The van der Waals surface area contributed by atoms with Gasteiger partial charge >= 0.3 is 0 Å². The maximum atomic E-state index is 12.4. The highest BCUT2D eigenvalue weighted by atomic mass is 16.6. The Morgan fingerprint density at radius 2 is 2.32 bits per heavy atom. The number of nitrogens with two attached hydrogens (primary N) is 1. The zero-order valence-corrected chi connectivity index (χ0v) is 11.9. The van der Waals surface area contributed by atoms with Gasteiger partial charge in [-0.2, -0.15) is 0 Å². The van der Waals surface area contributed by atoms with Gasteiger partial charge in [-0.15, -0.1) is 0 Å². The van der Waals surface area contributed by atoms with E-state index < -0.39 is 12.0 Å². The van der Waals surface area contributed by atoms with Gasteiger partial charge in [0.15, 0.2) is 0 Å². The maximum Gasteiger partial charge on any atom is 0.270 e. The fourth-order valence-electron chi connectivity index (χ4n) is 2.34. The molecule has 0 fully saturated rings. The number of hydrogen-bond donors (Lipinski definition) is 2. The SMILES string of the molecule is Cc1nc2ccccn2c1C(=O)NCC1=NOC(C(N)=O)C1. The van der Waals surface area contributed by atoms with Crippen LogP contribution in [0.1, 0.15) is 22.6 Å². The number of pyridine rings is 1. The smallest absolute Gasteiger partial charge is 0.270 e.